The molecule has 1 aliphatic heterocycles. The molecule has 2 N–H and O–H groups in total. The van der Waals surface area contributed by atoms with E-state index >= 15 is 0 Å². The van der Waals surface area contributed by atoms with Gasteiger partial charge in [-0.25, -0.2) is 0 Å². The molecule has 2 rings (SSSR count). The lowest BCUT2D eigenvalue weighted by Gasteiger charge is -2.35. The number of benzene rings is 1. The summed E-state index contributed by atoms with van der Waals surface area (Å²) in [5.74, 6) is 0.426. The number of piperidine rings is 1. The molecule has 1 aromatic carbocycles. The van der Waals surface area contributed by atoms with Crippen molar-refractivity contribution in [1.82, 2.24) is 5.32 Å². The average molecular weight is 234 g/mol. The number of nitrogens with zero attached hydrogens (tertiary/aromatic N) is 1. The van der Waals surface area contributed by atoms with E-state index in [1.807, 2.05) is 7.05 Å². The van der Waals surface area contributed by atoms with E-state index in [-0.39, 0.29) is 6.10 Å². The average Bonchev–Trinajstić information content (AvgIpc) is 2.34. The molecule has 2 atom stereocenters. The Hall–Kier alpha value is -1.06. The first-order valence-corrected chi connectivity index (χ1v) is 6.37. The zero-order valence-electron chi connectivity index (χ0n) is 10.7. The third-order valence-electron chi connectivity index (χ3n) is 3.60. The molecule has 2 unspecified atom stereocenters. The van der Waals surface area contributed by atoms with Gasteiger partial charge in [0.2, 0.25) is 0 Å². The van der Waals surface area contributed by atoms with Crippen molar-refractivity contribution in [2.45, 2.75) is 26.0 Å². The normalized spacial score (nSPS) is 25.0. The van der Waals surface area contributed by atoms with Gasteiger partial charge in [-0.2, -0.15) is 0 Å². The molecule has 1 aliphatic rings. The first kappa shape index (κ1) is 12.4. The number of hydrogen-bond donors (Lipinski definition) is 2. The molecule has 94 valence electrons. The van der Waals surface area contributed by atoms with Crippen LogP contribution in [0.1, 0.15) is 18.9 Å². The lowest BCUT2D eigenvalue weighted by molar-refractivity contribution is 0.103. The topological polar surface area (TPSA) is 35.5 Å². The molecule has 1 aromatic rings. The van der Waals surface area contributed by atoms with Gasteiger partial charge in [0.1, 0.15) is 0 Å². The van der Waals surface area contributed by atoms with Crippen molar-refractivity contribution in [1.29, 1.82) is 0 Å². The van der Waals surface area contributed by atoms with Crippen LogP contribution in [0.4, 0.5) is 5.69 Å². The van der Waals surface area contributed by atoms with Crippen molar-refractivity contribution in [2.75, 3.05) is 25.0 Å². The second-order valence-electron chi connectivity index (χ2n) is 4.98. The SMILES string of the molecule is CNCc1ccc(N2CCC(C)C(O)C2)cc1. The summed E-state index contributed by atoms with van der Waals surface area (Å²) in [6.45, 7) is 4.83. The van der Waals surface area contributed by atoms with Crippen molar-refractivity contribution in [3.05, 3.63) is 29.8 Å². The van der Waals surface area contributed by atoms with Crippen LogP contribution >= 0.6 is 0 Å². The number of hydrogen-bond acceptors (Lipinski definition) is 3. The van der Waals surface area contributed by atoms with Gasteiger partial charge in [-0.15, -0.1) is 0 Å². The van der Waals surface area contributed by atoms with E-state index in [9.17, 15) is 5.11 Å². The minimum atomic E-state index is -0.194. The van der Waals surface area contributed by atoms with Crippen LogP contribution in [0.3, 0.4) is 0 Å². The van der Waals surface area contributed by atoms with Gasteiger partial charge >= 0.3 is 0 Å². The molecule has 0 amide bonds. The molecule has 0 aromatic heterocycles. The van der Waals surface area contributed by atoms with Crippen LogP contribution in [-0.2, 0) is 6.54 Å². The molecule has 0 spiro atoms. The van der Waals surface area contributed by atoms with Gasteiger partial charge in [0.25, 0.3) is 0 Å². The summed E-state index contributed by atoms with van der Waals surface area (Å²) in [4.78, 5) is 2.27. The maximum atomic E-state index is 9.90. The van der Waals surface area contributed by atoms with Crippen molar-refractivity contribution >= 4 is 5.69 Å². The molecule has 0 aliphatic carbocycles. The van der Waals surface area contributed by atoms with Crippen molar-refractivity contribution < 1.29 is 5.11 Å². The number of nitrogens with one attached hydrogen (secondary N) is 1. The Morgan fingerprint density at radius 2 is 2.06 bits per heavy atom. The minimum Gasteiger partial charge on any atom is -0.391 e. The largest absolute Gasteiger partial charge is 0.391 e. The lowest BCUT2D eigenvalue weighted by atomic mass is 9.95. The summed E-state index contributed by atoms with van der Waals surface area (Å²) in [5.41, 5.74) is 2.51. The minimum absolute atomic E-state index is 0.194. The summed E-state index contributed by atoms with van der Waals surface area (Å²) in [5, 5.41) is 13.0. The lowest BCUT2D eigenvalue weighted by Crippen LogP contribution is -2.42. The fourth-order valence-electron chi connectivity index (χ4n) is 2.31. The van der Waals surface area contributed by atoms with E-state index in [1.165, 1.54) is 11.3 Å². The van der Waals surface area contributed by atoms with Crippen LogP contribution < -0.4 is 10.2 Å². The number of β-amino-alcohol motifs (C(OH)–C–C–N with tert-alkyl or cyclic N) is 1. The zero-order chi connectivity index (χ0) is 12.3. The van der Waals surface area contributed by atoms with Gasteiger partial charge in [-0.05, 0) is 37.1 Å². The maximum Gasteiger partial charge on any atom is 0.0741 e. The standard InChI is InChI=1S/C14H22N2O/c1-11-7-8-16(10-14(11)17)13-5-3-12(4-6-13)9-15-2/h3-6,11,14-15,17H,7-10H2,1-2H3. The third-order valence-corrected chi connectivity index (χ3v) is 3.60. The van der Waals surface area contributed by atoms with Gasteiger partial charge < -0.3 is 15.3 Å². The molecule has 1 heterocycles. The third kappa shape index (κ3) is 2.99. The van der Waals surface area contributed by atoms with E-state index in [4.69, 9.17) is 0 Å². The van der Waals surface area contributed by atoms with E-state index in [0.717, 1.165) is 26.1 Å². The Morgan fingerprint density at radius 3 is 2.65 bits per heavy atom. The predicted octanol–water partition coefficient (Wildman–Crippen LogP) is 1.61. The quantitative estimate of drug-likeness (QED) is 0.834. The second-order valence-corrected chi connectivity index (χ2v) is 4.98. The van der Waals surface area contributed by atoms with E-state index in [0.29, 0.717) is 5.92 Å². The Morgan fingerprint density at radius 1 is 1.35 bits per heavy atom. The molecule has 0 radical (unpaired) electrons. The van der Waals surface area contributed by atoms with Crippen LogP contribution in [0.2, 0.25) is 0 Å². The smallest absolute Gasteiger partial charge is 0.0741 e. The van der Waals surface area contributed by atoms with E-state index in [1.54, 1.807) is 0 Å². The highest BCUT2D eigenvalue weighted by Crippen LogP contribution is 2.23. The monoisotopic (exact) mass is 234 g/mol. The molecular weight excluding hydrogens is 212 g/mol. The molecular formula is C14H22N2O. The van der Waals surface area contributed by atoms with Crippen molar-refractivity contribution in [3.8, 4) is 0 Å². The van der Waals surface area contributed by atoms with Gasteiger partial charge in [-0.1, -0.05) is 19.1 Å². The number of aliphatic hydroxyl groups excluding tert-OH is 1. The Kier molecular flexibility index (Phi) is 4.02. The summed E-state index contributed by atoms with van der Waals surface area (Å²) < 4.78 is 0. The summed E-state index contributed by atoms with van der Waals surface area (Å²) >= 11 is 0. The highest BCUT2D eigenvalue weighted by molar-refractivity contribution is 5.48. The zero-order valence-corrected chi connectivity index (χ0v) is 10.7. The van der Waals surface area contributed by atoms with Crippen molar-refractivity contribution in [2.24, 2.45) is 5.92 Å². The number of aliphatic hydroxyl groups is 1. The Bertz CT molecular complexity index is 350. The summed E-state index contributed by atoms with van der Waals surface area (Å²) in [7, 11) is 1.95. The fourth-order valence-corrected chi connectivity index (χ4v) is 2.31. The Labute approximate surface area is 103 Å². The molecule has 0 bridgehead atoms. The first-order chi connectivity index (χ1) is 8.20. The van der Waals surface area contributed by atoms with Crippen LogP contribution in [0, 0.1) is 5.92 Å². The van der Waals surface area contributed by atoms with Crippen molar-refractivity contribution in [3.63, 3.8) is 0 Å². The molecule has 1 saturated heterocycles. The van der Waals surface area contributed by atoms with Crippen LogP contribution in [0.15, 0.2) is 24.3 Å². The fraction of sp³-hybridized carbons (Fsp3) is 0.571. The highest BCUT2D eigenvalue weighted by Gasteiger charge is 2.24. The molecule has 3 nitrogen and oxygen atoms in total. The predicted molar refractivity (Wildman–Crippen MR) is 71.2 cm³/mol. The van der Waals surface area contributed by atoms with Gasteiger partial charge in [0, 0.05) is 25.3 Å². The maximum absolute atomic E-state index is 9.90. The summed E-state index contributed by atoms with van der Waals surface area (Å²) in [6, 6.07) is 8.59. The van der Waals surface area contributed by atoms with Crippen LogP contribution in [-0.4, -0.2) is 31.3 Å². The highest BCUT2D eigenvalue weighted by atomic mass is 16.3. The second kappa shape index (κ2) is 5.52. The van der Waals surface area contributed by atoms with Crippen LogP contribution in [0.5, 0.6) is 0 Å². The van der Waals surface area contributed by atoms with Gasteiger partial charge in [-0.3, -0.25) is 0 Å². The van der Waals surface area contributed by atoms with E-state index in [2.05, 4.69) is 41.4 Å². The first-order valence-electron chi connectivity index (χ1n) is 6.37. The Balaban J connectivity index is 2.02. The molecule has 1 fully saturated rings. The molecule has 17 heavy (non-hydrogen) atoms. The van der Waals surface area contributed by atoms with E-state index < -0.39 is 0 Å². The molecule has 3 heteroatoms. The van der Waals surface area contributed by atoms with Gasteiger partial charge in [0.15, 0.2) is 0 Å². The molecule has 0 saturated carbocycles. The summed E-state index contributed by atoms with van der Waals surface area (Å²) in [6.07, 6.45) is 0.875. The number of anilines is 1. The van der Waals surface area contributed by atoms with Gasteiger partial charge in [0.05, 0.1) is 6.10 Å². The van der Waals surface area contributed by atoms with Crippen LogP contribution in [0.25, 0.3) is 0 Å². The number of rotatable bonds is 3.